The van der Waals surface area contributed by atoms with Crippen LogP contribution in [0.3, 0.4) is 0 Å². The van der Waals surface area contributed by atoms with Gasteiger partial charge in [0.2, 0.25) is 0 Å². The van der Waals surface area contributed by atoms with Gasteiger partial charge in [0.1, 0.15) is 5.75 Å². The zero-order chi connectivity index (χ0) is 18.2. The summed E-state index contributed by atoms with van der Waals surface area (Å²) in [6, 6.07) is 9.02. The molecule has 1 aromatic heterocycles. The average Bonchev–Trinajstić information content (AvgIpc) is 2.62. The first kappa shape index (κ1) is 18.4. The molecule has 2 N–H and O–H groups in total. The third-order valence-corrected chi connectivity index (χ3v) is 3.66. The molecule has 0 spiro atoms. The number of nitrogens with one attached hydrogen (secondary N) is 2. The number of hydrogen-bond acceptors (Lipinski definition) is 4. The molecule has 2 aromatic rings. The average molecular weight is 341 g/mol. The molecule has 1 atom stereocenters. The van der Waals surface area contributed by atoms with Crippen molar-refractivity contribution in [1.29, 1.82) is 0 Å². The molecule has 1 heterocycles. The summed E-state index contributed by atoms with van der Waals surface area (Å²) in [6.45, 7) is 6.47. The maximum atomic E-state index is 12.1. The lowest BCUT2D eigenvalue weighted by atomic mass is 10.0. The Morgan fingerprint density at radius 2 is 2.04 bits per heavy atom. The van der Waals surface area contributed by atoms with Gasteiger partial charge < -0.3 is 15.4 Å². The topological polar surface area (TPSA) is 80.3 Å². The smallest absolute Gasteiger partial charge is 0.309 e. The van der Waals surface area contributed by atoms with Crippen molar-refractivity contribution < 1.29 is 14.3 Å². The van der Waals surface area contributed by atoms with Crippen LogP contribution in [0.5, 0.6) is 5.75 Å². The Labute approximate surface area is 147 Å². The molecule has 2 rings (SSSR count). The highest BCUT2D eigenvalue weighted by Gasteiger charge is 2.19. The van der Waals surface area contributed by atoms with Gasteiger partial charge in [0, 0.05) is 24.5 Å². The van der Waals surface area contributed by atoms with E-state index in [4.69, 9.17) is 4.74 Å². The van der Waals surface area contributed by atoms with Crippen LogP contribution in [-0.4, -0.2) is 23.4 Å². The standard InChI is InChI=1S/C19H23N3O3/c1-4-25-17-8-7-13(2)10-16(17)14(3)22-19(24)18(23)21-12-15-6-5-9-20-11-15/h5-11,14H,4,12H2,1-3H3,(H,21,23)(H,22,24). The number of aromatic nitrogens is 1. The number of amides is 2. The first-order valence-electron chi connectivity index (χ1n) is 8.22. The minimum atomic E-state index is -0.680. The molecule has 25 heavy (non-hydrogen) atoms. The normalized spacial score (nSPS) is 11.5. The van der Waals surface area contributed by atoms with Gasteiger partial charge in [-0.2, -0.15) is 0 Å². The summed E-state index contributed by atoms with van der Waals surface area (Å²) in [4.78, 5) is 28.1. The molecule has 6 heteroatoms. The van der Waals surface area contributed by atoms with E-state index in [2.05, 4.69) is 15.6 Å². The van der Waals surface area contributed by atoms with Crippen molar-refractivity contribution >= 4 is 11.8 Å². The monoisotopic (exact) mass is 341 g/mol. The van der Waals surface area contributed by atoms with Crippen molar-refractivity contribution in [3.63, 3.8) is 0 Å². The zero-order valence-electron chi connectivity index (χ0n) is 14.7. The van der Waals surface area contributed by atoms with E-state index in [0.717, 1.165) is 16.7 Å². The van der Waals surface area contributed by atoms with E-state index >= 15 is 0 Å². The number of ether oxygens (including phenoxy) is 1. The molecular formula is C19H23N3O3. The number of aryl methyl sites for hydroxylation is 1. The highest BCUT2D eigenvalue weighted by molar-refractivity contribution is 6.35. The quantitative estimate of drug-likeness (QED) is 0.790. The number of hydrogen-bond donors (Lipinski definition) is 2. The SMILES string of the molecule is CCOc1ccc(C)cc1C(C)NC(=O)C(=O)NCc1cccnc1. The van der Waals surface area contributed by atoms with Crippen molar-refractivity contribution in [2.24, 2.45) is 0 Å². The van der Waals surface area contributed by atoms with Crippen molar-refractivity contribution in [2.75, 3.05) is 6.61 Å². The highest BCUT2D eigenvalue weighted by Crippen LogP contribution is 2.26. The van der Waals surface area contributed by atoms with Gasteiger partial charge in [0.05, 0.1) is 12.6 Å². The second-order valence-corrected chi connectivity index (χ2v) is 5.71. The van der Waals surface area contributed by atoms with Crippen LogP contribution in [0.1, 0.15) is 36.6 Å². The number of pyridine rings is 1. The fraction of sp³-hybridized carbons (Fsp3) is 0.316. The van der Waals surface area contributed by atoms with Crippen molar-refractivity contribution in [1.82, 2.24) is 15.6 Å². The Morgan fingerprint density at radius 1 is 1.24 bits per heavy atom. The Balaban J connectivity index is 1.97. The lowest BCUT2D eigenvalue weighted by molar-refractivity contribution is -0.139. The molecule has 6 nitrogen and oxygen atoms in total. The van der Waals surface area contributed by atoms with Crippen LogP contribution in [0.2, 0.25) is 0 Å². The molecule has 132 valence electrons. The number of nitrogens with zero attached hydrogens (tertiary/aromatic N) is 1. The van der Waals surface area contributed by atoms with Crippen LogP contribution < -0.4 is 15.4 Å². The summed E-state index contributed by atoms with van der Waals surface area (Å²) in [5, 5.41) is 5.30. The number of rotatable bonds is 6. The van der Waals surface area contributed by atoms with E-state index in [1.165, 1.54) is 0 Å². The number of benzene rings is 1. The van der Waals surface area contributed by atoms with E-state index in [1.54, 1.807) is 18.5 Å². The zero-order valence-corrected chi connectivity index (χ0v) is 14.7. The Morgan fingerprint density at radius 3 is 2.72 bits per heavy atom. The lowest BCUT2D eigenvalue weighted by Crippen LogP contribution is -2.40. The van der Waals surface area contributed by atoms with Crippen LogP contribution in [0.4, 0.5) is 0 Å². The Kier molecular flexibility index (Phi) is 6.51. The fourth-order valence-corrected chi connectivity index (χ4v) is 2.40. The van der Waals surface area contributed by atoms with E-state index in [1.807, 2.05) is 45.0 Å². The molecule has 0 saturated heterocycles. The van der Waals surface area contributed by atoms with Gasteiger partial charge in [-0.3, -0.25) is 14.6 Å². The third-order valence-electron chi connectivity index (χ3n) is 3.66. The summed E-state index contributed by atoms with van der Waals surface area (Å²) in [5.41, 5.74) is 2.73. The lowest BCUT2D eigenvalue weighted by Gasteiger charge is -2.18. The molecule has 0 aliphatic heterocycles. The summed E-state index contributed by atoms with van der Waals surface area (Å²) >= 11 is 0. The van der Waals surface area contributed by atoms with Gasteiger partial charge in [0.15, 0.2) is 0 Å². The van der Waals surface area contributed by atoms with Crippen molar-refractivity contribution in [2.45, 2.75) is 33.4 Å². The van der Waals surface area contributed by atoms with Gasteiger partial charge in [-0.15, -0.1) is 0 Å². The van der Waals surface area contributed by atoms with Crippen LogP contribution >= 0.6 is 0 Å². The second kappa shape index (κ2) is 8.82. The molecule has 0 aliphatic rings. The molecule has 2 amide bonds. The maximum Gasteiger partial charge on any atom is 0.309 e. The van der Waals surface area contributed by atoms with Crippen LogP contribution in [0.25, 0.3) is 0 Å². The minimum absolute atomic E-state index is 0.253. The third kappa shape index (κ3) is 5.31. The fourth-order valence-electron chi connectivity index (χ4n) is 2.40. The molecule has 0 fully saturated rings. The van der Waals surface area contributed by atoms with Gasteiger partial charge in [-0.25, -0.2) is 0 Å². The second-order valence-electron chi connectivity index (χ2n) is 5.71. The van der Waals surface area contributed by atoms with Crippen LogP contribution in [0.15, 0.2) is 42.7 Å². The minimum Gasteiger partial charge on any atom is -0.494 e. The first-order valence-corrected chi connectivity index (χ1v) is 8.22. The Bertz CT molecular complexity index is 732. The van der Waals surface area contributed by atoms with Crippen LogP contribution in [-0.2, 0) is 16.1 Å². The predicted molar refractivity (Wildman–Crippen MR) is 95.0 cm³/mol. The summed E-state index contributed by atoms with van der Waals surface area (Å²) in [5.74, 6) is -0.654. The molecule has 0 bridgehead atoms. The van der Waals surface area contributed by atoms with Gasteiger partial charge in [0.25, 0.3) is 0 Å². The van der Waals surface area contributed by atoms with Crippen molar-refractivity contribution in [3.8, 4) is 5.75 Å². The van der Waals surface area contributed by atoms with E-state index in [-0.39, 0.29) is 12.6 Å². The molecule has 0 radical (unpaired) electrons. The first-order chi connectivity index (χ1) is 12.0. The largest absolute Gasteiger partial charge is 0.494 e. The Hall–Kier alpha value is -2.89. The van der Waals surface area contributed by atoms with E-state index in [0.29, 0.717) is 12.4 Å². The van der Waals surface area contributed by atoms with Crippen LogP contribution in [0, 0.1) is 6.92 Å². The number of carbonyl (C=O) groups is 2. The molecule has 1 unspecified atom stereocenters. The molecular weight excluding hydrogens is 318 g/mol. The van der Waals surface area contributed by atoms with Crippen molar-refractivity contribution in [3.05, 3.63) is 59.4 Å². The van der Waals surface area contributed by atoms with Gasteiger partial charge in [-0.1, -0.05) is 23.8 Å². The highest BCUT2D eigenvalue weighted by atomic mass is 16.5. The van der Waals surface area contributed by atoms with E-state index < -0.39 is 11.8 Å². The maximum absolute atomic E-state index is 12.1. The molecule has 0 saturated carbocycles. The summed E-state index contributed by atoms with van der Waals surface area (Å²) in [7, 11) is 0. The van der Waals surface area contributed by atoms with Gasteiger partial charge >= 0.3 is 11.8 Å². The number of carbonyl (C=O) groups excluding carboxylic acids is 2. The van der Waals surface area contributed by atoms with Gasteiger partial charge in [-0.05, 0) is 38.5 Å². The molecule has 0 aliphatic carbocycles. The summed E-state index contributed by atoms with van der Waals surface area (Å²) < 4.78 is 5.60. The van der Waals surface area contributed by atoms with E-state index in [9.17, 15) is 9.59 Å². The molecule has 1 aromatic carbocycles. The summed E-state index contributed by atoms with van der Waals surface area (Å²) in [6.07, 6.45) is 3.29. The predicted octanol–water partition coefficient (Wildman–Crippen LogP) is 2.28.